The zero-order valence-electron chi connectivity index (χ0n) is 23.7. The van der Waals surface area contributed by atoms with Gasteiger partial charge in [0.25, 0.3) is 5.91 Å². The highest BCUT2D eigenvalue weighted by Gasteiger charge is 2.39. The van der Waals surface area contributed by atoms with E-state index in [1.807, 2.05) is 94.1 Å². The van der Waals surface area contributed by atoms with Gasteiger partial charge in [-0.2, -0.15) is 0 Å². The lowest BCUT2D eigenvalue weighted by molar-refractivity contribution is 0.000359. The Bertz CT molecular complexity index is 1490. The van der Waals surface area contributed by atoms with Crippen LogP contribution in [-0.4, -0.2) is 54.3 Å². The minimum Gasteiger partial charge on any atom is -0.444 e. The third-order valence-corrected chi connectivity index (χ3v) is 8.28. The Kier molecular flexibility index (Phi) is 7.96. The second kappa shape index (κ2) is 11.0. The average Bonchev–Trinajstić information content (AvgIpc) is 2.86. The first kappa shape index (κ1) is 29.5. The molecule has 7 nitrogen and oxygen atoms in total. The number of benzene rings is 3. The van der Waals surface area contributed by atoms with Crippen molar-refractivity contribution in [3.05, 3.63) is 80.7 Å². The van der Waals surface area contributed by atoms with Gasteiger partial charge < -0.3 is 14.5 Å². The van der Waals surface area contributed by atoms with Crippen LogP contribution >= 0.6 is 39.1 Å². The SMILES string of the molecule is CC(C)(C)OC(=O)N1CCN(c2ccc(N3CN(c4cc(Cl)cc(Cl)c4)c4ccccc4C3=O)cc2Br)CC1(C)C. The van der Waals surface area contributed by atoms with Gasteiger partial charge >= 0.3 is 6.09 Å². The Morgan fingerprint density at radius 3 is 2.22 bits per heavy atom. The Balaban J connectivity index is 1.41. The summed E-state index contributed by atoms with van der Waals surface area (Å²) in [6.45, 7) is 11.8. The molecule has 0 atom stereocenters. The molecular weight excluding hydrogens is 627 g/mol. The van der Waals surface area contributed by atoms with E-state index < -0.39 is 11.1 Å². The van der Waals surface area contributed by atoms with E-state index in [1.54, 1.807) is 15.9 Å². The number of para-hydroxylation sites is 1. The monoisotopic (exact) mass is 658 g/mol. The van der Waals surface area contributed by atoms with Crippen molar-refractivity contribution < 1.29 is 14.3 Å². The van der Waals surface area contributed by atoms with Crippen molar-refractivity contribution in [2.75, 3.05) is 41.0 Å². The fourth-order valence-corrected chi connectivity index (χ4v) is 6.50. The predicted molar refractivity (Wildman–Crippen MR) is 170 cm³/mol. The van der Waals surface area contributed by atoms with Crippen molar-refractivity contribution in [2.45, 2.75) is 45.8 Å². The zero-order chi connectivity index (χ0) is 29.7. The smallest absolute Gasteiger partial charge is 0.410 e. The molecule has 2 aliphatic heterocycles. The molecule has 10 heteroatoms. The van der Waals surface area contributed by atoms with E-state index in [0.717, 1.165) is 27.2 Å². The fraction of sp³-hybridized carbons (Fsp3) is 0.355. The van der Waals surface area contributed by atoms with E-state index in [2.05, 4.69) is 20.8 Å². The van der Waals surface area contributed by atoms with Crippen LogP contribution in [0, 0.1) is 0 Å². The number of piperazine rings is 1. The molecule has 41 heavy (non-hydrogen) atoms. The molecule has 0 unspecified atom stereocenters. The number of rotatable bonds is 3. The Hall–Kier alpha value is -2.94. The molecule has 0 bridgehead atoms. The van der Waals surface area contributed by atoms with Crippen LogP contribution < -0.4 is 14.7 Å². The van der Waals surface area contributed by atoms with E-state index in [4.69, 9.17) is 27.9 Å². The van der Waals surface area contributed by atoms with Gasteiger partial charge in [-0.1, -0.05) is 35.3 Å². The van der Waals surface area contributed by atoms with E-state index in [9.17, 15) is 9.59 Å². The summed E-state index contributed by atoms with van der Waals surface area (Å²) in [7, 11) is 0. The molecule has 216 valence electrons. The van der Waals surface area contributed by atoms with Crippen LogP contribution in [0.1, 0.15) is 45.0 Å². The van der Waals surface area contributed by atoms with Gasteiger partial charge in [0, 0.05) is 45.5 Å². The minimum atomic E-state index is -0.551. The number of hydrogen-bond acceptors (Lipinski definition) is 5. The maximum absolute atomic E-state index is 13.7. The highest BCUT2D eigenvalue weighted by atomic mass is 79.9. The van der Waals surface area contributed by atoms with Crippen molar-refractivity contribution in [1.29, 1.82) is 0 Å². The molecule has 1 saturated heterocycles. The van der Waals surface area contributed by atoms with Crippen molar-refractivity contribution in [2.24, 2.45) is 0 Å². The Labute approximate surface area is 259 Å². The quantitative estimate of drug-likeness (QED) is 0.283. The molecule has 0 saturated carbocycles. The van der Waals surface area contributed by atoms with Gasteiger partial charge in [-0.15, -0.1) is 0 Å². The third kappa shape index (κ3) is 6.15. The second-order valence-corrected chi connectivity index (χ2v) is 13.7. The molecule has 0 aliphatic carbocycles. The molecule has 0 aromatic heterocycles. The van der Waals surface area contributed by atoms with Crippen LogP contribution in [0.3, 0.4) is 0 Å². The van der Waals surface area contributed by atoms with Gasteiger partial charge in [0.15, 0.2) is 0 Å². The summed E-state index contributed by atoms with van der Waals surface area (Å²) in [5, 5.41) is 1.05. The van der Waals surface area contributed by atoms with E-state index in [-0.39, 0.29) is 12.0 Å². The zero-order valence-corrected chi connectivity index (χ0v) is 26.8. The second-order valence-electron chi connectivity index (χ2n) is 11.9. The van der Waals surface area contributed by atoms with Crippen LogP contribution in [-0.2, 0) is 4.74 Å². The van der Waals surface area contributed by atoms with Crippen molar-refractivity contribution in [1.82, 2.24) is 4.90 Å². The highest BCUT2D eigenvalue weighted by molar-refractivity contribution is 9.10. The fourth-order valence-electron chi connectivity index (χ4n) is 5.37. The minimum absolute atomic E-state index is 0.0864. The lowest BCUT2D eigenvalue weighted by Gasteiger charge is -2.48. The van der Waals surface area contributed by atoms with Gasteiger partial charge in [-0.25, -0.2) is 4.79 Å². The summed E-state index contributed by atoms with van der Waals surface area (Å²) in [6.07, 6.45) is -0.300. The van der Waals surface area contributed by atoms with Gasteiger partial charge in [-0.3, -0.25) is 14.6 Å². The predicted octanol–water partition coefficient (Wildman–Crippen LogP) is 8.35. The molecule has 3 aromatic carbocycles. The molecule has 0 radical (unpaired) electrons. The molecular formula is C31H33BrCl2N4O3. The largest absolute Gasteiger partial charge is 0.444 e. The number of ether oxygens (including phenoxy) is 1. The van der Waals surface area contributed by atoms with Gasteiger partial charge in [0.1, 0.15) is 12.3 Å². The Morgan fingerprint density at radius 1 is 0.902 bits per heavy atom. The molecule has 3 aromatic rings. The van der Waals surface area contributed by atoms with Crippen LogP contribution in [0.15, 0.2) is 65.1 Å². The van der Waals surface area contributed by atoms with Crippen LogP contribution in [0.2, 0.25) is 10.0 Å². The van der Waals surface area contributed by atoms with Gasteiger partial charge in [0.2, 0.25) is 0 Å². The molecule has 2 heterocycles. The van der Waals surface area contributed by atoms with Crippen LogP contribution in [0.5, 0.6) is 0 Å². The van der Waals surface area contributed by atoms with Crippen LogP contribution in [0.25, 0.3) is 0 Å². The van der Waals surface area contributed by atoms with Crippen molar-refractivity contribution in [3.63, 3.8) is 0 Å². The van der Waals surface area contributed by atoms with E-state index in [0.29, 0.717) is 41.9 Å². The Morgan fingerprint density at radius 2 is 1.59 bits per heavy atom. The van der Waals surface area contributed by atoms with Crippen molar-refractivity contribution >= 4 is 73.9 Å². The summed E-state index contributed by atoms with van der Waals surface area (Å²) < 4.78 is 6.51. The number of amides is 2. The average molecular weight is 660 g/mol. The first-order valence-corrected chi connectivity index (χ1v) is 15.0. The van der Waals surface area contributed by atoms with E-state index in [1.165, 1.54) is 0 Å². The first-order valence-electron chi connectivity index (χ1n) is 13.4. The topological polar surface area (TPSA) is 56.3 Å². The number of anilines is 4. The standard InChI is InChI=1S/C31H33BrCl2N4O3/c1-30(2,3)41-29(40)38-13-12-35(18-31(38,4)5)27-11-10-22(17-25(27)32)37-19-36(23-15-20(33)14-21(34)16-23)26-9-7-6-8-24(26)28(37)39/h6-11,14-17H,12-13,18-19H2,1-5H3. The van der Waals surface area contributed by atoms with E-state index >= 15 is 0 Å². The highest BCUT2D eigenvalue weighted by Crippen LogP contribution is 2.40. The maximum Gasteiger partial charge on any atom is 0.410 e. The molecule has 2 aliphatic rings. The molecule has 5 rings (SSSR count). The molecule has 1 fully saturated rings. The lowest BCUT2D eigenvalue weighted by Crippen LogP contribution is -2.61. The summed E-state index contributed by atoms with van der Waals surface area (Å²) in [5.41, 5.74) is 2.95. The molecule has 2 amide bonds. The number of fused-ring (bicyclic) bond motifs is 1. The summed E-state index contributed by atoms with van der Waals surface area (Å²) in [6, 6.07) is 18.9. The number of carbonyl (C=O) groups excluding carboxylic acids is 2. The maximum atomic E-state index is 13.7. The number of carbonyl (C=O) groups is 2. The molecule has 0 N–H and O–H groups in total. The van der Waals surface area contributed by atoms with Crippen LogP contribution in [0.4, 0.5) is 27.5 Å². The number of hydrogen-bond donors (Lipinski definition) is 0. The summed E-state index contributed by atoms with van der Waals surface area (Å²) in [4.78, 5) is 34.4. The van der Waals surface area contributed by atoms with Crippen molar-refractivity contribution in [3.8, 4) is 0 Å². The normalized spacial score (nSPS) is 17.0. The number of nitrogens with zero attached hydrogens (tertiary/aromatic N) is 4. The molecule has 0 spiro atoms. The third-order valence-electron chi connectivity index (χ3n) is 7.21. The summed E-state index contributed by atoms with van der Waals surface area (Å²) in [5.74, 6) is -0.0864. The number of halogens is 3. The lowest BCUT2D eigenvalue weighted by atomic mass is 9.98. The van der Waals surface area contributed by atoms with Gasteiger partial charge in [-0.05, 0) is 99.1 Å². The summed E-state index contributed by atoms with van der Waals surface area (Å²) >= 11 is 16.4. The first-order chi connectivity index (χ1) is 19.2. The van der Waals surface area contributed by atoms with Gasteiger partial charge in [0.05, 0.1) is 22.5 Å².